The van der Waals surface area contributed by atoms with E-state index in [0.717, 1.165) is 38.0 Å². The Morgan fingerprint density at radius 2 is 1.40 bits per heavy atom. The lowest BCUT2D eigenvalue weighted by Gasteiger charge is -2.15. The van der Waals surface area contributed by atoms with Crippen LogP contribution in [0.3, 0.4) is 0 Å². The van der Waals surface area contributed by atoms with Crippen LogP contribution in [0.15, 0.2) is 48.6 Å². The number of allylic oxidation sites excluding steroid dienone is 6. The minimum Gasteiger partial charge on any atom is -0.462 e. The number of unbranched alkanes of at least 4 members (excludes halogenated alkanes) is 10. The van der Waals surface area contributed by atoms with Gasteiger partial charge < -0.3 is 19.7 Å². The molecule has 2 N–H and O–H groups in total. The molecule has 42 heavy (non-hydrogen) atoms. The van der Waals surface area contributed by atoms with Crippen LogP contribution < -0.4 is 0 Å². The summed E-state index contributed by atoms with van der Waals surface area (Å²) < 4.78 is 10.5. The van der Waals surface area contributed by atoms with E-state index < -0.39 is 12.2 Å². The van der Waals surface area contributed by atoms with Gasteiger partial charge in [0.2, 0.25) is 0 Å². The fraction of sp³-hybridized carbons (Fsp3) is 0.722. The molecule has 0 radical (unpaired) electrons. The summed E-state index contributed by atoms with van der Waals surface area (Å²) >= 11 is 0. The number of aliphatic hydroxyl groups excluding tert-OH is 2. The van der Waals surface area contributed by atoms with Crippen LogP contribution in [-0.4, -0.2) is 47.6 Å². The third-order valence-electron chi connectivity index (χ3n) is 6.88. The second-order valence-electron chi connectivity index (χ2n) is 11.6. The molecule has 242 valence electrons. The van der Waals surface area contributed by atoms with Gasteiger partial charge in [-0.15, -0.1) is 0 Å². The second-order valence-corrected chi connectivity index (χ2v) is 11.6. The van der Waals surface area contributed by atoms with E-state index in [-0.39, 0.29) is 31.6 Å². The molecule has 6 heteroatoms. The van der Waals surface area contributed by atoms with Gasteiger partial charge in [0.05, 0.1) is 12.7 Å². The monoisotopic (exact) mass is 590 g/mol. The fourth-order valence-electron chi connectivity index (χ4n) is 4.28. The number of ether oxygens (including phenoxy) is 2. The van der Waals surface area contributed by atoms with Crippen LogP contribution in [0.4, 0.5) is 0 Å². The number of rotatable bonds is 28. The van der Waals surface area contributed by atoms with Crippen LogP contribution >= 0.6 is 0 Å². The van der Waals surface area contributed by atoms with Crippen molar-refractivity contribution in [3.05, 3.63) is 48.6 Å². The Labute approximate surface area is 257 Å². The van der Waals surface area contributed by atoms with Crippen LogP contribution in [0, 0.1) is 5.92 Å². The molecule has 0 aliphatic heterocycles. The molecule has 0 aliphatic rings. The number of hydrogen-bond donors (Lipinski definition) is 2. The van der Waals surface area contributed by atoms with Crippen molar-refractivity contribution >= 4 is 11.9 Å². The molecule has 0 aromatic carbocycles. The van der Waals surface area contributed by atoms with Gasteiger partial charge in [-0.1, -0.05) is 127 Å². The summed E-state index contributed by atoms with van der Waals surface area (Å²) in [5, 5.41) is 19.5. The van der Waals surface area contributed by atoms with Crippen LogP contribution in [0.2, 0.25) is 0 Å². The molecular formula is C36H62O6. The zero-order valence-electron chi connectivity index (χ0n) is 27.0. The van der Waals surface area contributed by atoms with Crippen molar-refractivity contribution < 1.29 is 29.3 Å². The Bertz CT molecular complexity index is 752. The molecule has 0 aliphatic carbocycles. The third-order valence-corrected chi connectivity index (χ3v) is 6.88. The normalized spacial score (nSPS) is 13.7. The quantitative estimate of drug-likeness (QED) is 0.0410. The van der Waals surface area contributed by atoms with Crippen molar-refractivity contribution in [3.63, 3.8) is 0 Å². The smallest absolute Gasteiger partial charge is 0.306 e. The largest absolute Gasteiger partial charge is 0.462 e. The number of carbonyl (C=O) groups is 2. The molecule has 0 aromatic rings. The van der Waals surface area contributed by atoms with Gasteiger partial charge in [-0.05, 0) is 50.9 Å². The minimum absolute atomic E-state index is 0.127. The molecule has 1 unspecified atom stereocenters. The summed E-state index contributed by atoms with van der Waals surface area (Å²) in [6.07, 6.45) is 32.1. The maximum absolute atomic E-state index is 12.1. The average molecular weight is 591 g/mol. The summed E-state index contributed by atoms with van der Waals surface area (Å²) in [5.74, 6) is 0.0483. The number of esters is 2. The number of carbonyl (C=O) groups excluding carboxylic acids is 2. The summed E-state index contributed by atoms with van der Waals surface area (Å²) in [5.41, 5.74) is 0. The van der Waals surface area contributed by atoms with E-state index in [1.807, 2.05) is 24.3 Å². The molecule has 0 aromatic heterocycles. The molecule has 0 saturated carbocycles. The minimum atomic E-state index is -0.819. The predicted octanol–water partition coefficient (Wildman–Crippen LogP) is 8.72. The zero-order chi connectivity index (χ0) is 31.1. The molecule has 0 saturated heterocycles. The van der Waals surface area contributed by atoms with Crippen molar-refractivity contribution in [3.8, 4) is 0 Å². The Morgan fingerprint density at radius 3 is 2.12 bits per heavy atom. The van der Waals surface area contributed by atoms with Crippen molar-refractivity contribution in [1.29, 1.82) is 0 Å². The lowest BCUT2D eigenvalue weighted by Crippen LogP contribution is -2.28. The van der Waals surface area contributed by atoms with Crippen LogP contribution in [0.1, 0.15) is 136 Å². The van der Waals surface area contributed by atoms with E-state index in [1.54, 1.807) is 6.08 Å². The van der Waals surface area contributed by atoms with Crippen molar-refractivity contribution in [2.24, 2.45) is 5.92 Å². The van der Waals surface area contributed by atoms with Crippen molar-refractivity contribution in [2.75, 3.05) is 13.2 Å². The number of hydrogen-bond acceptors (Lipinski definition) is 6. The summed E-state index contributed by atoms with van der Waals surface area (Å²) in [7, 11) is 0. The summed E-state index contributed by atoms with van der Waals surface area (Å²) in [4.78, 5) is 24.1. The first-order valence-corrected chi connectivity index (χ1v) is 16.7. The van der Waals surface area contributed by atoms with Crippen LogP contribution in [0.5, 0.6) is 0 Å². The molecule has 0 heterocycles. The van der Waals surface area contributed by atoms with Gasteiger partial charge in [0, 0.05) is 12.8 Å². The van der Waals surface area contributed by atoms with Gasteiger partial charge in [-0.3, -0.25) is 9.59 Å². The topological polar surface area (TPSA) is 93.1 Å². The Balaban J connectivity index is 3.83. The first kappa shape index (κ1) is 39.8. The molecule has 0 fully saturated rings. The molecular weight excluding hydrogens is 528 g/mol. The Kier molecular flexibility index (Phi) is 28.7. The maximum Gasteiger partial charge on any atom is 0.306 e. The van der Waals surface area contributed by atoms with E-state index in [2.05, 4.69) is 39.0 Å². The molecule has 0 spiro atoms. The highest BCUT2D eigenvalue weighted by Crippen LogP contribution is 2.13. The number of aliphatic hydroxyl groups is 2. The van der Waals surface area contributed by atoms with Gasteiger partial charge in [0.15, 0.2) is 6.10 Å². The van der Waals surface area contributed by atoms with Crippen LogP contribution in [-0.2, 0) is 19.1 Å². The van der Waals surface area contributed by atoms with Crippen molar-refractivity contribution in [2.45, 2.75) is 149 Å². The molecule has 0 amide bonds. The first-order chi connectivity index (χ1) is 20.4. The van der Waals surface area contributed by atoms with Crippen molar-refractivity contribution in [1.82, 2.24) is 0 Å². The standard InChI is InChI=1S/C36H62O6/c1-4-5-6-7-8-9-12-16-21-26-33(38)27-22-17-14-19-23-28-35(39)41-31-34(30-37)42-36(40)29-24-18-13-10-11-15-20-25-32(2)3/h8-9,14,16-17,21-22,27,32-34,37-38H,4-7,10-13,15,18-20,23-26,28-31H2,1-3H3/b9-8-,17-14+,21-16-,27-22-/t33?,34-/m0/s1. The average Bonchev–Trinajstić information content (AvgIpc) is 2.96. The summed E-state index contributed by atoms with van der Waals surface area (Å²) in [6.45, 7) is 6.23. The lowest BCUT2D eigenvalue weighted by molar-refractivity contribution is -0.161. The van der Waals surface area contributed by atoms with E-state index in [9.17, 15) is 19.8 Å². The van der Waals surface area contributed by atoms with Gasteiger partial charge in [0.1, 0.15) is 6.61 Å². The van der Waals surface area contributed by atoms with E-state index in [1.165, 1.54) is 51.4 Å². The van der Waals surface area contributed by atoms with E-state index in [4.69, 9.17) is 9.47 Å². The van der Waals surface area contributed by atoms with E-state index in [0.29, 0.717) is 25.7 Å². The Hall–Kier alpha value is -2.18. The zero-order valence-corrected chi connectivity index (χ0v) is 27.0. The first-order valence-electron chi connectivity index (χ1n) is 16.7. The Morgan fingerprint density at radius 1 is 0.738 bits per heavy atom. The second kappa shape index (κ2) is 30.3. The SMILES string of the molecule is CCCCC/C=C\C/C=C\CC(O)/C=C\C=C\CCCC(=O)OC[C@H](CO)OC(=O)CCCCCCCCCC(C)C. The highest BCUT2D eigenvalue weighted by atomic mass is 16.6. The molecule has 0 bridgehead atoms. The third kappa shape index (κ3) is 29.3. The van der Waals surface area contributed by atoms with Gasteiger partial charge in [0.25, 0.3) is 0 Å². The summed E-state index contributed by atoms with van der Waals surface area (Å²) in [6, 6.07) is 0. The molecule has 2 atom stereocenters. The molecule has 6 nitrogen and oxygen atoms in total. The fourth-order valence-corrected chi connectivity index (χ4v) is 4.28. The highest BCUT2D eigenvalue weighted by molar-refractivity contribution is 5.70. The van der Waals surface area contributed by atoms with Crippen LogP contribution in [0.25, 0.3) is 0 Å². The van der Waals surface area contributed by atoms with Gasteiger partial charge >= 0.3 is 11.9 Å². The molecule has 0 rings (SSSR count). The lowest BCUT2D eigenvalue weighted by atomic mass is 10.0. The maximum atomic E-state index is 12.1. The van der Waals surface area contributed by atoms with Gasteiger partial charge in [-0.25, -0.2) is 0 Å². The highest BCUT2D eigenvalue weighted by Gasteiger charge is 2.16. The van der Waals surface area contributed by atoms with E-state index >= 15 is 0 Å². The van der Waals surface area contributed by atoms with Gasteiger partial charge in [-0.2, -0.15) is 0 Å². The predicted molar refractivity (Wildman–Crippen MR) is 174 cm³/mol.